The zero-order chi connectivity index (χ0) is 14.7. The van der Waals surface area contributed by atoms with Gasteiger partial charge in [-0.1, -0.05) is 29.8 Å². The molecule has 0 bridgehead atoms. The van der Waals surface area contributed by atoms with E-state index in [4.69, 9.17) is 11.6 Å². The molecule has 6 heteroatoms. The van der Waals surface area contributed by atoms with E-state index in [1.54, 1.807) is 12.1 Å². The highest BCUT2D eigenvalue weighted by atomic mass is 35.5. The number of nitrogens with one attached hydrogen (secondary N) is 3. The lowest BCUT2D eigenvalue weighted by molar-refractivity contribution is 0.0945. The summed E-state index contributed by atoms with van der Waals surface area (Å²) in [7, 11) is 0. The van der Waals surface area contributed by atoms with Crippen LogP contribution in [0.5, 0.6) is 0 Å². The number of amides is 1. The zero-order valence-electron chi connectivity index (χ0n) is 11.5. The van der Waals surface area contributed by atoms with E-state index in [-0.39, 0.29) is 5.91 Å². The summed E-state index contributed by atoms with van der Waals surface area (Å²) < 4.78 is 0. The molecule has 1 aliphatic heterocycles. The molecular weight excluding hydrogens is 288 g/mol. The highest BCUT2D eigenvalue weighted by Crippen LogP contribution is 2.26. The number of carbonyl (C=O) groups excluding carboxylic acids is 1. The van der Waals surface area contributed by atoms with Crippen molar-refractivity contribution >= 4 is 17.5 Å². The number of hydrogen-bond acceptors (Lipinski definition) is 3. The molecule has 1 amide bonds. The van der Waals surface area contributed by atoms with Crippen LogP contribution in [-0.4, -0.2) is 35.2 Å². The first kappa shape index (κ1) is 14.1. The van der Waals surface area contributed by atoms with Gasteiger partial charge in [0.25, 0.3) is 5.91 Å². The molecule has 2 aromatic rings. The number of aromatic amines is 1. The average molecular weight is 305 g/mol. The van der Waals surface area contributed by atoms with Crippen LogP contribution in [0.25, 0.3) is 11.3 Å². The summed E-state index contributed by atoms with van der Waals surface area (Å²) in [6, 6.07) is 9.53. The van der Waals surface area contributed by atoms with Crippen molar-refractivity contribution in [3.05, 3.63) is 41.0 Å². The maximum Gasteiger partial charge on any atom is 0.269 e. The van der Waals surface area contributed by atoms with Crippen LogP contribution < -0.4 is 10.6 Å². The van der Waals surface area contributed by atoms with Gasteiger partial charge < -0.3 is 10.6 Å². The Kier molecular flexibility index (Phi) is 4.22. The third-order valence-corrected chi connectivity index (χ3v) is 3.97. The summed E-state index contributed by atoms with van der Waals surface area (Å²) in [6.07, 6.45) is 2.27. The first-order valence-corrected chi connectivity index (χ1v) is 7.44. The van der Waals surface area contributed by atoms with E-state index in [1.807, 2.05) is 18.2 Å². The first-order valence-electron chi connectivity index (χ1n) is 7.06. The molecular formula is C15H17ClN4O. The quantitative estimate of drug-likeness (QED) is 0.811. The van der Waals surface area contributed by atoms with E-state index < -0.39 is 0 Å². The summed E-state index contributed by atoms with van der Waals surface area (Å²) in [5.74, 6) is -0.144. The number of carbonyl (C=O) groups is 1. The van der Waals surface area contributed by atoms with Crippen molar-refractivity contribution in [2.24, 2.45) is 0 Å². The number of halogens is 1. The second-order valence-corrected chi connectivity index (χ2v) is 5.56. The lowest BCUT2D eigenvalue weighted by Gasteiger charge is -2.10. The minimum absolute atomic E-state index is 0.144. The topological polar surface area (TPSA) is 69.8 Å². The second kappa shape index (κ2) is 6.28. The number of rotatable bonds is 4. The van der Waals surface area contributed by atoms with E-state index in [9.17, 15) is 4.79 Å². The summed E-state index contributed by atoms with van der Waals surface area (Å²) in [6.45, 7) is 1.67. The zero-order valence-corrected chi connectivity index (χ0v) is 12.3. The molecule has 1 aliphatic rings. The number of benzene rings is 1. The molecule has 1 atom stereocenters. The van der Waals surface area contributed by atoms with Crippen molar-refractivity contribution in [2.45, 2.75) is 18.9 Å². The molecule has 0 aliphatic carbocycles. The van der Waals surface area contributed by atoms with E-state index in [0.29, 0.717) is 29.0 Å². The average Bonchev–Trinajstić information content (AvgIpc) is 3.17. The molecule has 3 rings (SSSR count). The maximum atomic E-state index is 12.1. The van der Waals surface area contributed by atoms with E-state index in [2.05, 4.69) is 20.8 Å². The van der Waals surface area contributed by atoms with Crippen molar-refractivity contribution in [3.8, 4) is 11.3 Å². The number of aromatic nitrogens is 2. The van der Waals surface area contributed by atoms with Crippen molar-refractivity contribution in [1.29, 1.82) is 0 Å². The van der Waals surface area contributed by atoms with Crippen molar-refractivity contribution in [2.75, 3.05) is 13.1 Å². The number of nitrogens with zero attached hydrogens (tertiary/aromatic N) is 1. The molecule has 110 valence electrons. The van der Waals surface area contributed by atoms with Crippen LogP contribution in [0.15, 0.2) is 30.3 Å². The molecule has 0 spiro atoms. The van der Waals surface area contributed by atoms with Gasteiger partial charge in [-0.05, 0) is 31.5 Å². The first-order chi connectivity index (χ1) is 10.2. The second-order valence-electron chi connectivity index (χ2n) is 5.15. The molecule has 1 unspecified atom stereocenters. The van der Waals surface area contributed by atoms with E-state index in [0.717, 1.165) is 18.5 Å². The standard InChI is InChI=1S/C15H17ClN4O/c16-12-6-2-1-5-11(12)13-8-14(20-19-13)15(21)18-9-10-4-3-7-17-10/h1-2,5-6,8,10,17H,3-4,7,9H2,(H,18,21)(H,19,20). The highest BCUT2D eigenvalue weighted by molar-refractivity contribution is 6.33. The van der Waals surface area contributed by atoms with Gasteiger partial charge >= 0.3 is 0 Å². The van der Waals surface area contributed by atoms with Gasteiger partial charge in [0.05, 0.1) is 10.7 Å². The van der Waals surface area contributed by atoms with Crippen LogP contribution in [-0.2, 0) is 0 Å². The smallest absolute Gasteiger partial charge is 0.269 e. The Morgan fingerprint density at radius 3 is 3.05 bits per heavy atom. The lowest BCUT2D eigenvalue weighted by Crippen LogP contribution is -2.37. The van der Waals surface area contributed by atoms with Gasteiger partial charge in [0, 0.05) is 18.2 Å². The molecule has 21 heavy (non-hydrogen) atoms. The Hall–Kier alpha value is -1.85. The van der Waals surface area contributed by atoms with Crippen molar-refractivity contribution in [1.82, 2.24) is 20.8 Å². The fourth-order valence-corrected chi connectivity index (χ4v) is 2.72. The van der Waals surface area contributed by atoms with Crippen LogP contribution in [0.2, 0.25) is 5.02 Å². The largest absolute Gasteiger partial charge is 0.349 e. The Labute approximate surface area is 128 Å². The third kappa shape index (κ3) is 3.25. The molecule has 1 fully saturated rings. The normalized spacial score (nSPS) is 17.9. The van der Waals surface area contributed by atoms with Crippen LogP contribution in [0, 0.1) is 0 Å². The van der Waals surface area contributed by atoms with E-state index in [1.165, 1.54) is 6.42 Å². The van der Waals surface area contributed by atoms with Gasteiger partial charge in [0.15, 0.2) is 0 Å². The van der Waals surface area contributed by atoms with Gasteiger partial charge in [-0.2, -0.15) is 5.10 Å². The predicted octanol–water partition coefficient (Wildman–Crippen LogP) is 2.21. The summed E-state index contributed by atoms with van der Waals surface area (Å²) >= 11 is 6.13. The molecule has 1 aromatic heterocycles. The van der Waals surface area contributed by atoms with Gasteiger partial charge in [-0.15, -0.1) is 0 Å². The van der Waals surface area contributed by atoms with Gasteiger partial charge in [-0.25, -0.2) is 0 Å². The summed E-state index contributed by atoms with van der Waals surface area (Å²) in [4.78, 5) is 12.1. The number of H-pyrrole nitrogens is 1. The van der Waals surface area contributed by atoms with Gasteiger partial charge in [-0.3, -0.25) is 9.89 Å². The molecule has 5 nitrogen and oxygen atoms in total. The van der Waals surface area contributed by atoms with Gasteiger partial charge in [0.2, 0.25) is 0 Å². The van der Waals surface area contributed by atoms with Crippen LogP contribution in [0.1, 0.15) is 23.3 Å². The predicted molar refractivity (Wildman–Crippen MR) is 82.4 cm³/mol. The molecule has 0 saturated carbocycles. The van der Waals surface area contributed by atoms with Crippen LogP contribution in [0.3, 0.4) is 0 Å². The summed E-state index contributed by atoms with van der Waals surface area (Å²) in [5, 5.41) is 13.8. The molecule has 0 radical (unpaired) electrons. The van der Waals surface area contributed by atoms with Crippen molar-refractivity contribution < 1.29 is 4.79 Å². The fourth-order valence-electron chi connectivity index (χ4n) is 2.49. The minimum atomic E-state index is -0.144. The molecule has 2 heterocycles. The molecule has 3 N–H and O–H groups in total. The minimum Gasteiger partial charge on any atom is -0.349 e. The number of hydrogen-bond donors (Lipinski definition) is 3. The molecule has 1 aromatic carbocycles. The van der Waals surface area contributed by atoms with Gasteiger partial charge in [0.1, 0.15) is 5.69 Å². The molecule has 1 saturated heterocycles. The Bertz CT molecular complexity index is 634. The van der Waals surface area contributed by atoms with Crippen LogP contribution >= 0.6 is 11.6 Å². The third-order valence-electron chi connectivity index (χ3n) is 3.64. The SMILES string of the molecule is O=C(NCC1CCCN1)c1cc(-c2ccccc2Cl)n[nH]1. The summed E-state index contributed by atoms with van der Waals surface area (Å²) in [5.41, 5.74) is 1.93. The van der Waals surface area contributed by atoms with Crippen LogP contribution in [0.4, 0.5) is 0 Å². The highest BCUT2D eigenvalue weighted by Gasteiger charge is 2.17. The fraction of sp³-hybridized carbons (Fsp3) is 0.333. The van der Waals surface area contributed by atoms with E-state index >= 15 is 0 Å². The monoisotopic (exact) mass is 304 g/mol. The Morgan fingerprint density at radius 1 is 1.43 bits per heavy atom. The Balaban J connectivity index is 1.66. The van der Waals surface area contributed by atoms with Crippen molar-refractivity contribution in [3.63, 3.8) is 0 Å². The maximum absolute atomic E-state index is 12.1. The lowest BCUT2D eigenvalue weighted by atomic mass is 10.1. The Morgan fingerprint density at radius 2 is 2.29 bits per heavy atom.